The lowest BCUT2D eigenvalue weighted by Gasteiger charge is -2.12. The van der Waals surface area contributed by atoms with E-state index in [1.165, 1.54) is 18.2 Å². The monoisotopic (exact) mass is 312 g/mol. The average molecular weight is 313 g/mol. The molecule has 2 aromatic rings. The third-order valence-corrected chi connectivity index (χ3v) is 3.08. The fourth-order valence-electron chi connectivity index (χ4n) is 1.67. The van der Waals surface area contributed by atoms with E-state index in [0.29, 0.717) is 0 Å². The minimum absolute atomic E-state index is 0.0535. The number of hydrogen-bond acceptors (Lipinski definition) is 3. The lowest BCUT2D eigenvalue weighted by atomic mass is 10.1. The molecule has 0 aliphatic rings. The number of amides is 1. The maximum absolute atomic E-state index is 13.3. The van der Waals surface area contributed by atoms with Crippen LogP contribution in [0.1, 0.15) is 22.0 Å². The maximum Gasteiger partial charge on any atom is 0.251 e. The van der Waals surface area contributed by atoms with Crippen LogP contribution < -0.4 is 5.32 Å². The van der Waals surface area contributed by atoms with Gasteiger partial charge in [-0.2, -0.15) is 4.39 Å². The second-order valence-corrected chi connectivity index (χ2v) is 4.67. The van der Waals surface area contributed by atoms with E-state index in [4.69, 9.17) is 11.6 Å². The Labute approximate surface area is 124 Å². The summed E-state index contributed by atoms with van der Waals surface area (Å²) in [6.45, 7) is -0.149. The predicted molar refractivity (Wildman–Crippen MR) is 72.9 cm³/mol. The molecule has 4 nitrogen and oxygen atoms in total. The number of aromatic nitrogens is 1. The molecule has 7 heteroatoms. The van der Waals surface area contributed by atoms with Gasteiger partial charge in [0.2, 0.25) is 5.95 Å². The summed E-state index contributed by atoms with van der Waals surface area (Å²) in [4.78, 5) is 15.1. The van der Waals surface area contributed by atoms with Crippen molar-refractivity contribution < 1.29 is 18.7 Å². The van der Waals surface area contributed by atoms with E-state index in [9.17, 15) is 18.7 Å². The molecule has 1 aromatic carbocycles. The second kappa shape index (κ2) is 6.60. The van der Waals surface area contributed by atoms with Gasteiger partial charge in [0, 0.05) is 24.4 Å². The lowest BCUT2D eigenvalue weighted by molar-refractivity contribution is 0.0915. The zero-order valence-corrected chi connectivity index (χ0v) is 11.4. The van der Waals surface area contributed by atoms with Crippen molar-refractivity contribution in [2.45, 2.75) is 6.10 Å². The van der Waals surface area contributed by atoms with Crippen molar-refractivity contribution >= 4 is 17.5 Å². The van der Waals surface area contributed by atoms with Crippen molar-refractivity contribution in [1.82, 2.24) is 10.3 Å². The first kappa shape index (κ1) is 15.3. The first-order valence-electron chi connectivity index (χ1n) is 6.00. The number of carbonyl (C=O) groups is 1. The van der Waals surface area contributed by atoms with E-state index in [-0.39, 0.29) is 22.7 Å². The molecular weight excluding hydrogens is 302 g/mol. The summed E-state index contributed by atoms with van der Waals surface area (Å²) in [6.07, 6.45) is 0.0577. The van der Waals surface area contributed by atoms with Crippen LogP contribution in [0.15, 0.2) is 36.5 Å². The normalized spacial score (nSPS) is 12.0. The van der Waals surface area contributed by atoms with Crippen LogP contribution in [0.2, 0.25) is 5.02 Å². The van der Waals surface area contributed by atoms with Gasteiger partial charge in [-0.1, -0.05) is 17.7 Å². The van der Waals surface area contributed by atoms with Gasteiger partial charge in [0.15, 0.2) is 0 Å². The summed E-state index contributed by atoms with van der Waals surface area (Å²) >= 11 is 5.54. The molecule has 1 atom stereocenters. The zero-order chi connectivity index (χ0) is 15.4. The van der Waals surface area contributed by atoms with Gasteiger partial charge >= 0.3 is 0 Å². The van der Waals surface area contributed by atoms with Gasteiger partial charge in [0.25, 0.3) is 5.91 Å². The van der Waals surface area contributed by atoms with Gasteiger partial charge in [-0.25, -0.2) is 9.37 Å². The number of nitrogens with one attached hydrogen (secondary N) is 1. The van der Waals surface area contributed by atoms with Crippen molar-refractivity contribution in [1.29, 1.82) is 0 Å². The van der Waals surface area contributed by atoms with Crippen LogP contribution in [0.3, 0.4) is 0 Å². The molecule has 0 spiro atoms. The molecule has 0 aliphatic heterocycles. The van der Waals surface area contributed by atoms with Crippen LogP contribution in [-0.2, 0) is 0 Å². The van der Waals surface area contributed by atoms with Crippen molar-refractivity contribution in [3.63, 3.8) is 0 Å². The van der Waals surface area contributed by atoms with Crippen molar-refractivity contribution in [2.75, 3.05) is 6.54 Å². The second-order valence-electron chi connectivity index (χ2n) is 4.27. The van der Waals surface area contributed by atoms with Gasteiger partial charge in [0.05, 0.1) is 11.1 Å². The number of aliphatic hydroxyl groups is 1. The van der Waals surface area contributed by atoms with Crippen molar-refractivity contribution in [3.05, 3.63) is 64.4 Å². The Kier molecular flexibility index (Phi) is 4.82. The molecule has 0 saturated heterocycles. The molecular formula is C14H11ClF2N2O2. The smallest absolute Gasteiger partial charge is 0.251 e. The van der Waals surface area contributed by atoms with Gasteiger partial charge in [-0.15, -0.1) is 0 Å². The summed E-state index contributed by atoms with van der Waals surface area (Å²) in [5, 5.41) is 12.2. The Morgan fingerprint density at radius 3 is 2.76 bits per heavy atom. The molecule has 1 heterocycles. The summed E-state index contributed by atoms with van der Waals surface area (Å²) < 4.78 is 26.1. The standard InChI is InChI=1S/C14H11ClF2N2O2/c15-10-2-1-8(5-11(10)16)12(20)7-19-14(21)9-3-4-18-13(17)6-9/h1-6,12,20H,7H2,(H,19,21). The number of halogens is 3. The SMILES string of the molecule is O=C(NCC(O)c1ccc(Cl)c(F)c1)c1ccnc(F)c1. The van der Waals surface area contributed by atoms with Gasteiger partial charge in [-0.05, 0) is 23.8 Å². The highest BCUT2D eigenvalue weighted by Gasteiger charge is 2.13. The number of hydrogen-bond donors (Lipinski definition) is 2. The molecule has 0 saturated carbocycles. The number of carbonyl (C=O) groups excluding carboxylic acids is 1. The number of pyridine rings is 1. The molecule has 1 amide bonds. The van der Waals surface area contributed by atoms with E-state index in [1.807, 2.05) is 0 Å². The molecule has 0 radical (unpaired) electrons. The Hall–Kier alpha value is -2.05. The van der Waals surface area contributed by atoms with Crippen LogP contribution >= 0.6 is 11.6 Å². The number of benzene rings is 1. The van der Waals surface area contributed by atoms with Gasteiger partial charge < -0.3 is 10.4 Å². The average Bonchev–Trinajstić information content (AvgIpc) is 2.47. The van der Waals surface area contributed by atoms with Crippen LogP contribution in [0, 0.1) is 11.8 Å². The van der Waals surface area contributed by atoms with Crippen LogP contribution in [0.25, 0.3) is 0 Å². The molecule has 0 bridgehead atoms. The summed E-state index contributed by atoms with van der Waals surface area (Å²) in [5.41, 5.74) is 0.357. The summed E-state index contributed by atoms with van der Waals surface area (Å²) in [6, 6.07) is 6.17. The van der Waals surface area contributed by atoms with Crippen LogP contribution in [0.4, 0.5) is 8.78 Å². The fraction of sp³-hybridized carbons (Fsp3) is 0.143. The molecule has 2 N–H and O–H groups in total. The van der Waals surface area contributed by atoms with E-state index in [2.05, 4.69) is 10.3 Å². The van der Waals surface area contributed by atoms with Crippen molar-refractivity contribution in [2.24, 2.45) is 0 Å². The minimum Gasteiger partial charge on any atom is -0.387 e. The molecule has 1 aromatic heterocycles. The maximum atomic E-state index is 13.3. The number of aliphatic hydroxyl groups excluding tert-OH is 1. The Balaban J connectivity index is 1.99. The third-order valence-electron chi connectivity index (χ3n) is 2.77. The highest BCUT2D eigenvalue weighted by molar-refractivity contribution is 6.30. The minimum atomic E-state index is -1.10. The number of nitrogens with zero attached hydrogens (tertiary/aromatic N) is 1. The predicted octanol–water partition coefficient (Wildman–Crippen LogP) is 2.48. The molecule has 0 aliphatic carbocycles. The van der Waals surface area contributed by atoms with E-state index < -0.39 is 23.8 Å². The Morgan fingerprint density at radius 2 is 2.10 bits per heavy atom. The first-order chi connectivity index (χ1) is 9.97. The molecule has 2 rings (SSSR count). The van der Waals surface area contributed by atoms with E-state index in [1.54, 1.807) is 0 Å². The number of rotatable bonds is 4. The van der Waals surface area contributed by atoms with Crippen molar-refractivity contribution in [3.8, 4) is 0 Å². The van der Waals surface area contributed by atoms with Gasteiger partial charge in [-0.3, -0.25) is 4.79 Å². The first-order valence-corrected chi connectivity index (χ1v) is 6.38. The summed E-state index contributed by atoms with van der Waals surface area (Å²) in [7, 11) is 0. The largest absolute Gasteiger partial charge is 0.387 e. The van der Waals surface area contributed by atoms with Crippen LogP contribution in [0.5, 0.6) is 0 Å². The highest BCUT2D eigenvalue weighted by Crippen LogP contribution is 2.19. The molecule has 1 unspecified atom stereocenters. The zero-order valence-electron chi connectivity index (χ0n) is 10.7. The molecule has 0 fully saturated rings. The summed E-state index contributed by atoms with van der Waals surface area (Å²) in [5.74, 6) is -2.00. The lowest BCUT2D eigenvalue weighted by Crippen LogP contribution is -2.28. The van der Waals surface area contributed by atoms with E-state index >= 15 is 0 Å². The van der Waals surface area contributed by atoms with Gasteiger partial charge in [0.1, 0.15) is 5.82 Å². The fourth-order valence-corrected chi connectivity index (χ4v) is 1.79. The van der Waals surface area contributed by atoms with E-state index in [0.717, 1.165) is 18.3 Å². The Bertz CT molecular complexity index is 667. The molecule has 21 heavy (non-hydrogen) atoms. The quantitative estimate of drug-likeness (QED) is 0.853. The highest BCUT2D eigenvalue weighted by atomic mass is 35.5. The topological polar surface area (TPSA) is 62.2 Å². The molecule has 110 valence electrons. The third kappa shape index (κ3) is 3.96. The Morgan fingerprint density at radius 1 is 1.33 bits per heavy atom. The van der Waals surface area contributed by atoms with Crippen LogP contribution in [-0.4, -0.2) is 22.5 Å².